The van der Waals surface area contributed by atoms with E-state index in [9.17, 15) is 0 Å². The molecule has 2 heterocycles. The van der Waals surface area contributed by atoms with Crippen molar-refractivity contribution in [3.8, 4) is 0 Å². The van der Waals surface area contributed by atoms with Gasteiger partial charge >= 0.3 is 0 Å². The number of rotatable bonds is 6. The minimum atomic E-state index is 0.157. The molecule has 0 saturated carbocycles. The summed E-state index contributed by atoms with van der Waals surface area (Å²) in [5.74, 6) is 7.67. The molecule has 0 radical (unpaired) electrons. The molecule has 1 aromatic rings. The summed E-state index contributed by atoms with van der Waals surface area (Å²) in [4.78, 5) is 4.38. The standard InChI is InChI=1S/C14H27N5O/c1-5-6-19-13(16-8-17-19)7-12(18-15)14-9(2)10(3)20-11(14)4/h8-12,14,18H,5-7,15H2,1-4H3. The van der Waals surface area contributed by atoms with Crippen LogP contribution in [0.25, 0.3) is 0 Å². The highest BCUT2D eigenvalue weighted by Crippen LogP contribution is 2.35. The van der Waals surface area contributed by atoms with Gasteiger partial charge in [0.1, 0.15) is 12.2 Å². The topological polar surface area (TPSA) is 78.0 Å². The van der Waals surface area contributed by atoms with E-state index in [0.717, 1.165) is 25.2 Å². The lowest BCUT2D eigenvalue weighted by Crippen LogP contribution is -2.47. The number of hydrazine groups is 1. The van der Waals surface area contributed by atoms with E-state index < -0.39 is 0 Å². The van der Waals surface area contributed by atoms with Gasteiger partial charge in [0.05, 0.1) is 12.2 Å². The molecule has 20 heavy (non-hydrogen) atoms. The predicted molar refractivity (Wildman–Crippen MR) is 77.8 cm³/mol. The summed E-state index contributed by atoms with van der Waals surface area (Å²) in [6.07, 6.45) is 3.95. The van der Waals surface area contributed by atoms with E-state index in [-0.39, 0.29) is 18.2 Å². The van der Waals surface area contributed by atoms with Crippen LogP contribution in [0.15, 0.2) is 6.33 Å². The molecule has 1 aromatic heterocycles. The van der Waals surface area contributed by atoms with Crippen molar-refractivity contribution in [2.75, 3.05) is 0 Å². The Morgan fingerprint density at radius 3 is 2.70 bits per heavy atom. The molecule has 0 amide bonds. The maximum absolute atomic E-state index is 5.93. The number of nitrogens with one attached hydrogen (secondary N) is 1. The van der Waals surface area contributed by atoms with Crippen LogP contribution >= 0.6 is 0 Å². The van der Waals surface area contributed by atoms with E-state index in [4.69, 9.17) is 10.6 Å². The fourth-order valence-electron chi connectivity index (χ4n) is 3.33. The second-order valence-corrected chi connectivity index (χ2v) is 5.86. The Hall–Kier alpha value is -0.980. The van der Waals surface area contributed by atoms with Crippen molar-refractivity contribution in [2.24, 2.45) is 17.7 Å². The lowest BCUT2D eigenvalue weighted by Gasteiger charge is -2.28. The number of nitrogens with zero attached hydrogens (tertiary/aromatic N) is 3. The van der Waals surface area contributed by atoms with Gasteiger partial charge in [-0.1, -0.05) is 13.8 Å². The van der Waals surface area contributed by atoms with Crippen LogP contribution in [-0.4, -0.2) is 33.0 Å². The zero-order chi connectivity index (χ0) is 14.7. The van der Waals surface area contributed by atoms with Gasteiger partial charge in [0.15, 0.2) is 0 Å². The third kappa shape index (κ3) is 3.02. The van der Waals surface area contributed by atoms with E-state index in [2.05, 4.69) is 43.2 Å². The highest BCUT2D eigenvalue weighted by Gasteiger charge is 2.41. The summed E-state index contributed by atoms with van der Waals surface area (Å²) in [5.41, 5.74) is 2.97. The molecule has 5 atom stereocenters. The van der Waals surface area contributed by atoms with Crippen LogP contribution in [0, 0.1) is 11.8 Å². The molecule has 1 aliphatic rings. The zero-order valence-electron chi connectivity index (χ0n) is 12.9. The summed E-state index contributed by atoms with van der Waals surface area (Å²) in [6.45, 7) is 9.54. The maximum Gasteiger partial charge on any atom is 0.138 e. The molecule has 0 bridgehead atoms. The Kier molecular flexibility index (Phi) is 5.12. The lowest BCUT2D eigenvalue weighted by atomic mass is 9.82. The Balaban J connectivity index is 2.10. The van der Waals surface area contributed by atoms with Crippen molar-refractivity contribution in [1.82, 2.24) is 20.2 Å². The van der Waals surface area contributed by atoms with Gasteiger partial charge in [-0.05, 0) is 26.2 Å². The van der Waals surface area contributed by atoms with Gasteiger partial charge in [0.2, 0.25) is 0 Å². The average Bonchev–Trinajstić information content (AvgIpc) is 2.94. The summed E-state index contributed by atoms with van der Waals surface area (Å²) < 4.78 is 7.90. The number of hydrogen-bond donors (Lipinski definition) is 2. The Labute approximate surface area is 121 Å². The predicted octanol–water partition coefficient (Wildman–Crippen LogP) is 1.12. The summed E-state index contributed by atoms with van der Waals surface area (Å²) in [7, 11) is 0. The molecule has 6 nitrogen and oxygen atoms in total. The van der Waals surface area contributed by atoms with Crippen LogP contribution < -0.4 is 11.3 Å². The quantitative estimate of drug-likeness (QED) is 0.603. The van der Waals surface area contributed by atoms with Crippen LogP contribution in [0.3, 0.4) is 0 Å². The Bertz CT molecular complexity index is 421. The molecular formula is C14H27N5O. The van der Waals surface area contributed by atoms with E-state index in [1.165, 1.54) is 0 Å². The van der Waals surface area contributed by atoms with E-state index in [1.807, 2.05) is 4.68 Å². The smallest absolute Gasteiger partial charge is 0.138 e. The maximum atomic E-state index is 5.93. The van der Waals surface area contributed by atoms with Gasteiger partial charge in [-0.25, -0.2) is 4.98 Å². The van der Waals surface area contributed by atoms with Gasteiger partial charge in [-0.3, -0.25) is 16.0 Å². The number of ether oxygens (including phenoxy) is 1. The molecule has 1 saturated heterocycles. The van der Waals surface area contributed by atoms with Crippen LogP contribution in [0.4, 0.5) is 0 Å². The number of hydrogen-bond acceptors (Lipinski definition) is 5. The molecule has 0 aliphatic carbocycles. The molecule has 2 rings (SSSR count). The minimum Gasteiger partial charge on any atom is -0.375 e. The van der Waals surface area contributed by atoms with Crippen LogP contribution in [0.5, 0.6) is 0 Å². The lowest BCUT2D eigenvalue weighted by molar-refractivity contribution is 0.0474. The van der Waals surface area contributed by atoms with Crippen LogP contribution in [0.1, 0.15) is 39.9 Å². The van der Waals surface area contributed by atoms with Gasteiger partial charge < -0.3 is 4.74 Å². The van der Waals surface area contributed by atoms with Crippen molar-refractivity contribution >= 4 is 0 Å². The minimum absolute atomic E-state index is 0.157. The summed E-state index contributed by atoms with van der Waals surface area (Å²) >= 11 is 0. The highest BCUT2D eigenvalue weighted by atomic mass is 16.5. The first kappa shape index (κ1) is 15.4. The average molecular weight is 281 g/mol. The second kappa shape index (κ2) is 6.65. The first-order valence-corrected chi connectivity index (χ1v) is 7.56. The molecule has 0 aromatic carbocycles. The van der Waals surface area contributed by atoms with Crippen LogP contribution in [0.2, 0.25) is 0 Å². The highest BCUT2D eigenvalue weighted by molar-refractivity contribution is 4.97. The zero-order valence-corrected chi connectivity index (χ0v) is 12.9. The summed E-state index contributed by atoms with van der Waals surface area (Å²) in [6, 6.07) is 0.157. The molecule has 0 spiro atoms. The number of nitrogens with two attached hydrogens (primary N) is 1. The largest absolute Gasteiger partial charge is 0.375 e. The van der Waals surface area contributed by atoms with Gasteiger partial charge in [0, 0.05) is 24.9 Å². The van der Waals surface area contributed by atoms with Crippen molar-refractivity contribution in [1.29, 1.82) is 0 Å². The second-order valence-electron chi connectivity index (χ2n) is 5.86. The van der Waals surface area contributed by atoms with E-state index in [0.29, 0.717) is 11.8 Å². The monoisotopic (exact) mass is 281 g/mol. The molecule has 6 heteroatoms. The van der Waals surface area contributed by atoms with Crippen molar-refractivity contribution in [2.45, 2.75) is 65.3 Å². The molecule has 5 unspecified atom stereocenters. The van der Waals surface area contributed by atoms with Crippen molar-refractivity contribution in [3.05, 3.63) is 12.2 Å². The van der Waals surface area contributed by atoms with Crippen molar-refractivity contribution < 1.29 is 4.74 Å². The molecule has 1 aliphatic heterocycles. The van der Waals surface area contributed by atoms with Gasteiger partial charge in [-0.15, -0.1) is 0 Å². The third-order valence-electron chi connectivity index (χ3n) is 4.53. The SMILES string of the molecule is CCCn1ncnc1CC(NN)C1C(C)OC(C)C1C. The van der Waals surface area contributed by atoms with Gasteiger partial charge in [0.25, 0.3) is 0 Å². The van der Waals surface area contributed by atoms with Crippen molar-refractivity contribution in [3.63, 3.8) is 0 Å². The van der Waals surface area contributed by atoms with E-state index >= 15 is 0 Å². The molecule has 114 valence electrons. The van der Waals surface area contributed by atoms with Gasteiger partial charge in [-0.2, -0.15) is 5.10 Å². The Morgan fingerprint density at radius 2 is 2.15 bits per heavy atom. The molecule has 3 N–H and O–H groups in total. The summed E-state index contributed by atoms with van der Waals surface area (Å²) in [5, 5.41) is 4.28. The molecular weight excluding hydrogens is 254 g/mol. The van der Waals surface area contributed by atoms with Crippen LogP contribution in [-0.2, 0) is 17.7 Å². The Morgan fingerprint density at radius 1 is 1.40 bits per heavy atom. The third-order valence-corrected chi connectivity index (χ3v) is 4.53. The fourth-order valence-corrected chi connectivity index (χ4v) is 3.33. The first-order chi connectivity index (χ1) is 9.58. The van der Waals surface area contributed by atoms with E-state index in [1.54, 1.807) is 6.33 Å². The fraction of sp³-hybridized carbons (Fsp3) is 0.857. The number of aromatic nitrogens is 3. The first-order valence-electron chi connectivity index (χ1n) is 7.56. The normalized spacial score (nSPS) is 31.6. The molecule has 1 fully saturated rings. The number of aryl methyl sites for hydroxylation is 1.